The number of anilines is 1. The monoisotopic (exact) mass is 466 g/mol. The molecule has 31 heavy (non-hydrogen) atoms. The number of rotatable bonds is 8. The van der Waals surface area contributed by atoms with E-state index in [1.165, 1.54) is 25.3 Å². The Kier molecular flexibility index (Phi) is 6.88. The van der Waals surface area contributed by atoms with Crippen molar-refractivity contribution >= 4 is 39.2 Å². The Hall–Kier alpha value is -2.62. The Balaban J connectivity index is 1.69. The Morgan fingerprint density at radius 3 is 2.48 bits per heavy atom. The van der Waals surface area contributed by atoms with Gasteiger partial charge in [-0.2, -0.15) is 0 Å². The quantitative estimate of drug-likeness (QED) is 0.578. The third-order valence-electron chi connectivity index (χ3n) is 4.62. The van der Waals surface area contributed by atoms with Gasteiger partial charge in [-0.1, -0.05) is 17.7 Å². The highest BCUT2D eigenvalue weighted by Gasteiger charge is 2.30. The number of sulfonamides is 1. The van der Waals surface area contributed by atoms with E-state index in [-0.39, 0.29) is 22.3 Å². The Morgan fingerprint density at radius 2 is 1.87 bits per heavy atom. The molecule has 0 bridgehead atoms. The number of carbonyl (C=O) groups excluding carboxylic acids is 2. The van der Waals surface area contributed by atoms with Crippen molar-refractivity contribution in [1.82, 2.24) is 4.72 Å². The molecule has 0 unspecified atom stereocenters. The summed E-state index contributed by atoms with van der Waals surface area (Å²) in [4.78, 5) is 24.5. The van der Waals surface area contributed by atoms with Crippen molar-refractivity contribution in [2.75, 3.05) is 19.0 Å². The summed E-state index contributed by atoms with van der Waals surface area (Å²) >= 11 is 6.17. The molecule has 10 heteroatoms. The number of amides is 1. The molecule has 2 aromatic rings. The average molecular weight is 467 g/mol. The average Bonchev–Trinajstić information content (AvgIpc) is 3.51. The van der Waals surface area contributed by atoms with Crippen LogP contribution in [0, 0.1) is 13.8 Å². The van der Waals surface area contributed by atoms with Crippen molar-refractivity contribution in [3.8, 4) is 5.75 Å². The van der Waals surface area contributed by atoms with Crippen LogP contribution in [0.4, 0.5) is 5.69 Å². The van der Waals surface area contributed by atoms with Crippen LogP contribution in [0.25, 0.3) is 0 Å². The molecule has 0 aliphatic heterocycles. The van der Waals surface area contributed by atoms with Crippen molar-refractivity contribution in [1.29, 1.82) is 0 Å². The second-order valence-electron chi connectivity index (χ2n) is 7.32. The molecule has 0 atom stereocenters. The zero-order valence-corrected chi connectivity index (χ0v) is 18.9. The minimum Gasteiger partial charge on any atom is -0.495 e. The van der Waals surface area contributed by atoms with E-state index in [4.69, 9.17) is 21.1 Å². The Bertz CT molecular complexity index is 1110. The maximum absolute atomic E-state index is 12.6. The predicted molar refractivity (Wildman–Crippen MR) is 116 cm³/mol. The molecule has 1 saturated carbocycles. The van der Waals surface area contributed by atoms with Gasteiger partial charge in [-0.05, 0) is 62.1 Å². The molecule has 8 nitrogen and oxygen atoms in total. The zero-order chi connectivity index (χ0) is 22.8. The molecule has 1 aliphatic rings. The zero-order valence-electron chi connectivity index (χ0n) is 17.3. The molecular formula is C21H23ClN2O6S. The minimum atomic E-state index is -3.86. The second kappa shape index (κ2) is 9.25. The van der Waals surface area contributed by atoms with Crippen molar-refractivity contribution < 1.29 is 27.5 Å². The molecule has 2 N–H and O–H groups in total. The van der Waals surface area contributed by atoms with Crippen LogP contribution in [-0.2, 0) is 19.6 Å². The normalized spacial score (nSPS) is 13.5. The molecule has 166 valence electrons. The summed E-state index contributed by atoms with van der Waals surface area (Å²) in [5.74, 6) is -1.31. The Labute approximate surface area is 185 Å². The Morgan fingerprint density at radius 1 is 1.16 bits per heavy atom. The van der Waals surface area contributed by atoms with E-state index in [0.29, 0.717) is 10.7 Å². The minimum absolute atomic E-state index is 0.0191. The van der Waals surface area contributed by atoms with E-state index in [1.807, 2.05) is 13.0 Å². The predicted octanol–water partition coefficient (Wildman–Crippen LogP) is 3.20. The summed E-state index contributed by atoms with van der Waals surface area (Å²) in [6.07, 6.45) is 1.53. The highest BCUT2D eigenvalue weighted by Crippen LogP contribution is 2.29. The number of methoxy groups -OCH3 is 1. The molecule has 3 rings (SSSR count). The number of halogens is 1. The molecule has 1 amide bonds. The lowest BCUT2D eigenvalue weighted by molar-refractivity contribution is -0.119. The first-order valence-corrected chi connectivity index (χ1v) is 11.4. The van der Waals surface area contributed by atoms with Crippen LogP contribution in [0.2, 0.25) is 5.02 Å². The smallest absolute Gasteiger partial charge is 0.338 e. The van der Waals surface area contributed by atoms with E-state index in [2.05, 4.69) is 10.0 Å². The lowest BCUT2D eigenvalue weighted by atomic mass is 10.1. The van der Waals surface area contributed by atoms with Crippen molar-refractivity contribution in [3.05, 3.63) is 52.0 Å². The first-order chi connectivity index (χ1) is 14.6. The number of hydrogen-bond acceptors (Lipinski definition) is 6. The molecular weight excluding hydrogens is 444 g/mol. The lowest BCUT2D eigenvalue weighted by Crippen LogP contribution is -2.26. The number of ether oxygens (including phenoxy) is 2. The van der Waals surface area contributed by atoms with Crippen LogP contribution in [0.1, 0.15) is 34.3 Å². The third kappa shape index (κ3) is 5.75. The fourth-order valence-corrected chi connectivity index (χ4v) is 4.83. The van der Waals surface area contributed by atoms with Crippen molar-refractivity contribution in [2.45, 2.75) is 37.6 Å². The van der Waals surface area contributed by atoms with Crippen LogP contribution < -0.4 is 14.8 Å². The maximum atomic E-state index is 12.6. The summed E-state index contributed by atoms with van der Waals surface area (Å²) < 4.78 is 37.9. The number of carbonyl (C=O) groups is 2. The fraction of sp³-hybridized carbons (Fsp3) is 0.333. The van der Waals surface area contributed by atoms with Gasteiger partial charge in [0, 0.05) is 6.04 Å². The van der Waals surface area contributed by atoms with Gasteiger partial charge >= 0.3 is 5.97 Å². The van der Waals surface area contributed by atoms with Gasteiger partial charge in [0.05, 0.1) is 23.4 Å². The van der Waals surface area contributed by atoms with Gasteiger partial charge in [0.25, 0.3) is 5.91 Å². The molecule has 0 heterocycles. The number of benzene rings is 2. The summed E-state index contributed by atoms with van der Waals surface area (Å²) in [6.45, 7) is 3.13. The number of esters is 1. The highest BCUT2D eigenvalue weighted by atomic mass is 35.5. The largest absolute Gasteiger partial charge is 0.495 e. The van der Waals surface area contributed by atoms with Crippen LogP contribution in [-0.4, -0.2) is 40.1 Å². The molecule has 0 radical (unpaired) electrons. The van der Waals surface area contributed by atoms with Crippen molar-refractivity contribution in [2.24, 2.45) is 0 Å². The maximum Gasteiger partial charge on any atom is 0.338 e. The molecule has 0 aromatic heterocycles. The third-order valence-corrected chi connectivity index (χ3v) is 6.46. The summed E-state index contributed by atoms with van der Waals surface area (Å²) in [7, 11) is -2.52. The van der Waals surface area contributed by atoms with Crippen LogP contribution >= 0.6 is 11.6 Å². The van der Waals surface area contributed by atoms with Gasteiger partial charge in [0.15, 0.2) is 6.61 Å². The molecule has 1 fully saturated rings. The standard InChI is InChI=1S/C21H23ClN2O6S/c1-12-8-13(2)20(16(22)9-12)23-19(25)11-30-21(26)14-4-7-17(29-3)18(10-14)31(27,28)24-15-5-6-15/h4,7-10,15,24H,5-6,11H2,1-3H3,(H,23,25). The molecule has 2 aromatic carbocycles. The fourth-order valence-electron chi connectivity index (χ4n) is 2.96. The SMILES string of the molecule is COc1ccc(C(=O)OCC(=O)Nc2c(C)cc(C)cc2Cl)cc1S(=O)(=O)NC1CC1. The van der Waals surface area contributed by atoms with Crippen LogP contribution in [0.15, 0.2) is 35.2 Å². The van der Waals surface area contributed by atoms with Gasteiger partial charge in [-0.15, -0.1) is 0 Å². The number of hydrogen-bond donors (Lipinski definition) is 2. The molecule has 0 spiro atoms. The van der Waals surface area contributed by atoms with Gasteiger partial charge in [-0.3, -0.25) is 4.79 Å². The van der Waals surface area contributed by atoms with E-state index in [9.17, 15) is 18.0 Å². The topological polar surface area (TPSA) is 111 Å². The highest BCUT2D eigenvalue weighted by molar-refractivity contribution is 7.89. The van der Waals surface area contributed by atoms with Crippen LogP contribution in [0.3, 0.4) is 0 Å². The van der Waals surface area contributed by atoms with E-state index < -0.39 is 28.5 Å². The first kappa shape index (κ1) is 23.1. The molecule has 0 saturated heterocycles. The van der Waals surface area contributed by atoms with E-state index in [0.717, 1.165) is 24.0 Å². The summed E-state index contributed by atoms with van der Waals surface area (Å²) in [5.41, 5.74) is 2.15. The summed E-state index contributed by atoms with van der Waals surface area (Å²) in [5, 5.41) is 3.00. The van der Waals surface area contributed by atoms with Crippen LogP contribution in [0.5, 0.6) is 5.75 Å². The lowest BCUT2D eigenvalue weighted by Gasteiger charge is -2.13. The van der Waals surface area contributed by atoms with E-state index >= 15 is 0 Å². The summed E-state index contributed by atoms with van der Waals surface area (Å²) in [6, 6.07) is 7.38. The van der Waals surface area contributed by atoms with Gasteiger partial charge in [0.1, 0.15) is 10.6 Å². The second-order valence-corrected chi connectivity index (χ2v) is 9.41. The van der Waals surface area contributed by atoms with E-state index in [1.54, 1.807) is 13.0 Å². The molecule has 1 aliphatic carbocycles. The number of nitrogens with one attached hydrogen (secondary N) is 2. The van der Waals surface area contributed by atoms with Gasteiger partial charge in [0.2, 0.25) is 10.0 Å². The number of aryl methyl sites for hydroxylation is 2. The van der Waals surface area contributed by atoms with Crippen molar-refractivity contribution in [3.63, 3.8) is 0 Å². The van der Waals surface area contributed by atoms with Gasteiger partial charge < -0.3 is 14.8 Å². The first-order valence-electron chi connectivity index (χ1n) is 9.55. The van der Waals surface area contributed by atoms with Gasteiger partial charge in [-0.25, -0.2) is 17.9 Å².